The van der Waals surface area contributed by atoms with Crippen LogP contribution in [0.5, 0.6) is 5.75 Å². The lowest BCUT2D eigenvalue weighted by Crippen LogP contribution is -2.47. The average molecular weight is 409 g/mol. The van der Waals surface area contributed by atoms with Crippen LogP contribution in [0.4, 0.5) is 8.78 Å². The summed E-state index contributed by atoms with van der Waals surface area (Å²) in [7, 11) is -3.43. The van der Waals surface area contributed by atoms with E-state index in [4.69, 9.17) is 5.11 Å². The number of alkyl halides is 2. The number of hydrogen-bond acceptors (Lipinski definition) is 6. The number of aliphatic carboxylic acids is 1. The first-order valence-electron chi connectivity index (χ1n) is 7.98. The van der Waals surface area contributed by atoms with Gasteiger partial charge in [0.2, 0.25) is 0 Å². The van der Waals surface area contributed by atoms with Crippen LogP contribution < -0.4 is 10.1 Å². The van der Waals surface area contributed by atoms with Crippen LogP contribution in [0.1, 0.15) is 12.8 Å². The third kappa shape index (κ3) is 7.08. The number of carboxylic acid groups (broad SMARTS) is 1. The van der Waals surface area contributed by atoms with E-state index in [0.29, 0.717) is 5.92 Å². The molecular weight excluding hydrogens is 388 g/mol. The summed E-state index contributed by atoms with van der Waals surface area (Å²) in [6, 6.07) is 3.50. The first-order chi connectivity index (χ1) is 12.1. The Morgan fingerprint density at radius 2 is 2.00 bits per heavy atom. The van der Waals surface area contributed by atoms with Gasteiger partial charge in [0.15, 0.2) is 9.84 Å². The summed E-state index contributed by atoms with van der Waals surface area (Å²) in [6.45, 7) is -0.970. The van der Waals surface area contributed by atoms with E-state index in [-0.39, 0.29) is 16.4 Å². The number of thioether (sulfide) groups is 1. The summed E-state index contributed by atoms with van der Waals surface area (Å²) in [5.74, 6) is 0.255. The normalized spacial score (nSPS) is 16.3. The van der Waals surface area contributed by atoms with Crippen molar-refractivity contribution in [2.45, 2.75) is 29.9 Å². The Morgan fingerprint density at radius 1 is 1.38 bits per heavy atom. The zero-order chi connectivity index (χ0) is 19.4. The van der Waals surface area contributed by atoms with E-state index in [0.717, 1.165) is 37.0 Å². The molecule has 1 unspecified atom stereocenters. The number of halogens is 2. The third-order valence-corrected chi connectivity index (χ3v) is 6.11. The Balaban J connectivity index is 1.86. The molecule has 6 nitrogen and oxygen atoms in total. The zero-order valence-corrected chi connectivity index (χ0v) is 15.8. The fourth-order valence-electron chi connectivity index (χ4n) is 2.06. The van der Waals surface area contributed by atoms with Gasteiger partial charge in [-0.25, -0.2) is 8.42 Å². The third-order valence-electron chi connectivity index (χ3n) is 3.71. The topological polar surface area (TPSA) is 92.7 Å². The Labute approximate surface area is 155 Å². The smallest absolute Gasteiger partial charge is 0.410 e. The van der Waals surface area contributed by atoms with Crippen molar-refractivity contribution in [2.75, 3.05) is 24.3 Å². The molecule has 1 atom stereocenters. The average Bonchev–Trinajstić information content (AvgIpc) is 3.33. The highest BCUT2D eigenvalue weighted by atomic mass is 32.2. The molecule has 1 fully saturated rings. The van der Waals surface area contributed by atoms with Crippen LogP contribution in [0.25, 0.3) is 0 Å². The molecule has 0 aliphatic heterocycles. The van der Waals surface area contributed by atoms with Crippen molar-refractivity contribution in [3.63, 3.8) is 0 Å². The number of rotatable bonds is 11. The van der Waals surface area contributed by atoms with Crippen molar-refractivity contribution in [3.8, 4) is 5.75 Å². The van der Waals surface area contributed by atoms with Crippen molar-refractivity contribution in [3.05, 3.63) is 24.3 Å². The fraction of sp³-hybridized carbons (Fsp3) is 0.562. The molecule has 1 aliphatic rings. The highest BCUT2D eigenvalue weighted by molar-refractivity contribution is 7.99. The summed E-state index contributed by atoms with van der Waals surface area (Å²) >= 11 is 1.43. The Bertz CT molecular complexity index is 721. The van der Waals surface area contributed by atoms with Crippen molar-refractivity contribution >= 4 is 27.6 Å². The maximum Gasteiger partial charge on any atom is 0.410 e. The first kappa shape index (κ1) is 20.9. The summed E-state index contributed by atoms with van der Waals surface area (Å²) in [5, 5.41) is 11.4. The van der Waals surface area contributed by atoms with E-state index in [2.05, 4.69) is 10.1 Å². The van der Waals surface area contributed by atoms with E-state index in [1.165, 1.54) is 23.9 Å². The molecule has 0 saturated heterocycles. The number of benzene rings is 1. The molecule has 1 aromatic rings. The van der Waals surface area contributed by atoms with Gasteiger partial charge in [0.25, 0.3) is 0 Å². The molecule has 2 rings (SSSR count). The molecule has 0 radical (unpaired) electrons. The molecular formula is C16H21F2NO5S2. The lowest BCUT2D eigenvalue weighted by molar-refractivity contribution is -0.173. The Morgan fingerprint density at radius 3 is 2.50 bits per heavy atom. The number of ether oxygens (including phenoxy) is 1. The van der Waals surface area contributed by atoms with E-state index in [1.54, 1.807) is 0 Å². The highest BCUT2D eigenvalue weighted by Gasteiger charge is 2.34. The maximum atomic E-state index is 13.9. The zero-order valence-electron chi connectivity index (χ0n) is 14.2. The van der Waals surface area contributed by atoms with Crippen LogP contribution in [0, 0.1) is 5.92 Å². The number of sulfone groups is 1. The van der Waals surface area contributed by atoms with Gasteiger partial charge in [-0.15, -0.1) is 0 Å². The van der Waals surface area contributed by atoms with Crippen LogP contribution in [0.2, 0.25) is 0 Å². The molecule has 1 saturated carbocycles. The van der Waals surface area contributed by atoms with Crippen molar-refractivity contribution in [1.82, 2.24) is 5.32 Å². The van der Waals surface area contributed by atoms with Crippen molar-refractivity contribution in [1.29, 1.82) is 0 Å². The van der Waals surface area contributed by atoms with Crippen molar-refractivity contribution < 1.29 is 31.8 Å². The molecule has 1 aromatic carbocycles. The van der Waals surface area contributed by atoms with Gasteiger partial charge in [-0.2, -0.15) is 20.5 Å². The van der Waals surface area contributed by atoms with Gasteiger partial charge in [-0.1, -0.05) is 0 Å². The second-order valence-electron chi connectivity index (χ2n) is 6.24. The van der Waals surface area contributed by atoms with E-state index in [1.807, 2.05) is 0 Å². The minimum atomic E-state index is -3.64. The second kappa shape index (κ2) is 8.53. The molecule has 0 heterocycles. The van der Waals surface area contributed by atoms with Crippen LogP contribution >= 0.6 is 11.8 Å². The molecule has 2 N–H and O–H groups in total. The molecule has 0 aromatic heterocycles. The van der Waals surface area contributed by atoms with Crippen LogP contribution in [0.15, 0.2) is 29.2 Å². The summed E-state index contributed by atoms with van der Waals surface area (Å²) in [6.07, 6.45) is -0.347. The number of carboxylic acids is 1. The molecule has 0 spiro atoms. The van der Waals surface area contributed by atoms with E-state index in [9.17, 15) is 22.0 Å². The lowest BCUT2D eigenvalue weighted by atomic mass is 10.3. The largest absolute Gasteiger partial charge is 0.480 e. The Hall–Kier alpha value is -1.39. The molecule has 10 heteroatoms. The predicted molar refractivity (Wildman–Crippen MR) is 94.6 cm³/mol. The quantitative estimate of drug-likeness (QED) is 0.579. The van der Waals surface area contributed by atoms with E-state index < -0.39 is 34.5 Å². The van der Waals surface area contributed by atoms with Crippen molar-refractivity contribution in [2.24, 2.45) is 5.92 Å². The van der Waals surface area contributed by atoms with Gasteiger partial charge in [-0.05, 0) is 48.8 Å². The number of hydrogen-bond donors (Lipinski definition) is 2. The predicted octanol–water partition coefficient (Wildman–Crippen LogP) is 2.25. The molecule has 146 valence electrons. The first-order valence-corrected chi connectivity index (χ1v) is 11.0. The number of nitrogens with one attached hydrogen (secondary N) is 1. The van der Waals surface area contributed by atoms with Gasteiger partial charge < -0.3 is 9.84 Å². The monoisotopic (exact) mass is 409 g/mol. The second-order valence-corrected chi connectivity index (χ2v) is 9.33. The highest BCUT2D eigenvalue weighted by Crippen LogP contribution is 2.32. The number of carbonyl (C=O) groups is 1. The molecule has 0 amide bonds. The Kier molecular flexibility index (Phi) is 6.86. The standard InChI is InChI=1S/C16H21F2NO5S2/c1-26(22,23)13-6-4-12(5-7-13)24-16(17,18)10-19-14(15(20)21)9-25-8-11-2-3-11/h4-7,11,14,19H,2-3,8-10H2,1H3,(H,20,21). The minimum Gasteiger partial charge on any atom is -0.480 e. The minimum absolute atomic E-state index is 0.00933. The summed E-state index contributed by atoms with van der Waals surface area (Å²) in [4.78, 5) is 11.2. The van der Waals surface area contributed by atoms with Gasteiger partial charge in [0, 0.05) is 12.0 Å². The van der Waals surface area contributed by atoms with Gasteiger partial charge in [-0.3, -0.25) is 10.1 Å². The van der Waals surface area contributed by atoms with Gasteiger partial charge >= 0.3 is 12.1 Å². The van der Waals surface area contributed by atoms with Gasteiger partial charge in [0.05, 0.1) is 4.90 Å². The molecule has 1 aliphatic carbocycles. The SMILES string of the molecule is CS(=O)(=O)c1ccc(OC(F)(F)CNC(CSCC2CC2)C(=O)O)cc1. The van der Waals surface area contributed by atoms with Crippen LogP contribution in [-0.4, -0.2) is 56.0 Å². The van der Waals surface area contributed by atoms with Gasteiger partial charge in [0.1, 0.15) is 18.3 Å². The van der Waals surface area contributed by atoms with Crippen LogP contribution in [-0.2, 0) is 14.6 Å². The maximum absolute atomic E-state index is 13.9. The summed E-state index contributed by atoms with van der Waals surface area (Å²) < 4.78 is 55.1. The fourth-order valence-corrected chi connectivity index (χ4v) is 3.99. The van der Waals surface area contributed by atoms with Crippen LogP contribution in [0.3, 0.4) is 0 Å². The lowest BCUT2D eigenvalue weighted by Gasteiger charge is -2.21. The molecule has 26 heavy (non-hydrogen) atoms. The molecule has 0 bridgehead atoms. The van der Waals surface area contributed by atoms with E-state index >= 15 is 0 Å². The summed E-state index contributed by atoms with van der Waals surface area (Å²) in [5.41, 5.74) is 0.